The van der Waals surface area contributed by atoms with Gasteiger partial charge in [-0.05, 0) is 36.9 Å². The summed E-state index contributed by atoms with van der Waals surface area (Å²) in [5.41, 5.74) is 0.292. The molecule has 1 saturated carbocycles. The van der Waals surface area contributed by atoms with Crippen molar-refractivity contribution >= 4 is 12.6 Å². The normalized spacial score (nSPS) is 19.1. The summed E-state index contributed by atoms with van der Waals surface area (Å²) in [4.78, 5) is 2.58. The van der Waals surface area contributed by atoms with Crippen molar-refractivity contribution in [2.24, 2.45) is 11.3 Å². The van der Waals surface area contributed by atoms with Gasteiger partial charge >= 0.3 is 0 Å². The van der Waals surface area contributed by atoms with E-state index < -0.39 is 0 Å². The molecule has 96 valence electrons. The smallest absolute Gasteiger partial charge is 0.0589 e. The minimum absolute atomic E-state index is 0.292. The second kappa shape index (κ2) is 6.27. The third-order valence-corrected chi connectivity index (χ3v) is 4.38. The molecule has 2 nitrogen and oxygen atoms in total. The van der Waals surface area contributed by atoms with Crippen LogP contribution in [0.2, 0.25) is 0 Å². The minimum Gasteiger partial charge on any atom is -0.383 e. The van der Waals surface area contributed by atoms with E-state index in [1.807, 2.05) is 0 Å². The zero-order valence-corrected chi connectivity index (χ0v) is 12.1. The van der Waals surface area contributed by atoms with Crippen molar-refractivity contribution in [2.45, 2.75) is 39.7 Å². The Hall–Kier alpha value is 0.270. The molecule has 0 heterocycles. The van der Waals surface area contributed by atoms with Gasteiger partial charge in [-0.25, -0.2) is 0 Å². The first kappa shape index (κ1) is 14.3. The van der Waals surface area contributed by atoms with Gasteiger partial charge in [0.2, 0.25) is 0 Å². The van der Waals surface area contributed by atoms with Crippen LogP contribution in [-0.2, 0) is 4.74 Å². The molecule has 3 heteroatoms. The molecule has 1 atom stereocenters. The Morgan fingerprint density at radius 2 is 2.06 bits per heavy atom. The van der Waals surface area contributed by atoms with Crippen LogP contribution < -0.4 is 0 Å². The largest absolute Gasteiger partial charge is 0.383 e. The Morgan fingerprint density at radius 3 is 2.50 bits per heavy atom. The number of thiol groups is 1. The third-order valence-electron chi connectivity index (χ3n) is 3.52. The van der Waals surface area contributed by atoms with Crippen LogP contribution in [0.15, 0.2) is 0 Å². The van der Waals surface area contributed by atoms with Crippen LogP contribution in [0.5, 0.6) is 0 Å². The molecule has 0 radical (unpaired) electrons. The van der Waals surface area contributed by atoms with E-state index in [0.29, 0.717) is 11.5 Å². The first-order valence-corrected chi connectivity index (χ1v) is 6.97. The van der Waals surface area contributed by atoms with Crippen molar-refractivity contribution in [3.63, 3.8) is 0 Å². The summed E-state index contributed by atoms with van der Waals surface area (Å²) < 4.78 is 5.21. The predicted octanol–water partition coefficient (Wildman–Crippen LogP) is 2.69. The summed E-state index contributed by atoms with van der Waals surface area (Å²) in [6, 6.07) is 0.703. The standard InChI is InChI=1S/C13H27NOS/c1-11(12-5-6-12)14(7-8-15-4)9-13(2,3)10-16/h11-12,16H,5-10H2,1-4H3. The molecule has 0 aromatic carbocycles. The molecule has 16 heavy (non-hydrogen) atoms. The number of ether oxygens (including phenoxy) is 1. The van der Waals surface area contributed by atoms with E-state index in [4.69, 9.17) is 4.74 Å². The monoisotopic (exact) mass is 245 g/mol. The summed E-state index contributed by atoms with van der Waals surface area (Å²) in [6.07, 6.45) is 2.82. The molecule has 1 aliphatic rings. The fourth-order valence-corrected chi connectivity index (χ4v) is 2.21. The topological polar surface area (TPSA) is 12.5 Å². The van der Waals surface area contributed by atoms with Gasteiger partial charge in [0, 0.05) is 26.2 Å². The minimum atomic E-state index is 0.292. The van der Waals surface area contributed by atoms with Gasteiger partial charge in [-0.15, -0.1) is 0 Å². The van der Waals surface area contributed by atoms with Gasteiger partial charge in [0.1, 0.15) is 0 Å². The van der Waals surface area contributed by atoms with E-state index in [0.717, 1.165) is 31.4 Å². The number of rotatable bonds is 8. The molecule has 0 aliphatic heterocycles. The first-order valence-electron chi connectivity index (χ1n) is 6.34. The Morgan fingerprint density at radius 1 is 1.44 bits per heavy atom. The predicted molar refractivity (Wildman–Crippen MR) is 73.3 cm³/mol. The van der Waals surface area contributed by atoms with Crippen molar-refractivity contribution in [1.82, 2.24) is 4.90 Å². The molecule has 0 bridgehead atoms. The zero-order valence-electron chi connectivity index (χ0n) is 11.2. The van der Waals surface area contributed by atoms with Crippen LogP contribution in [0.3, 0.4) is 0 Å². The van der Waals surface area contributed by atoms with E-state index in [1.165, 1.54) is 12.8 Å². The van der Waals surface area contributed by atoms with Crippen LogP contribution in [0.4, 0.5) is 0 Å². The lowest BCUT2D eigenvalue weighted by Gasteiger charge is -2.35. The average molecular weight is 245 g/mol. The quantitative estimate of drug-likeness (QED) is 0.660. The Balaban J connectivity index is 2.48. The molecule has 1 fully saturated rings. The van der Waals surface area contributed by atoms with Crippen LogP contribution in [0.1, 0.15) is 33.6 Å². The van der Waals surface area contributed by atoms with Gasteiger partial charge in [-0.1, -0.05) is 13.8 Å². The third kappa shape index (κ3) is 4.64. The molecule has 0 N–H and O–H groups in total. The highest BCUT2D eigenvalue weighted by Gasteiger charge is 2.33. The number of nitrogens with zero attached hydrogens (tertiary/aromatic N) is 1. The van der Waals surface area contributed by atoms with E-state index in [1.54, 1.807) is 7.11 Å². The Bertz CT molecular complexity index is 204. The summed E-state index contributed by atoms with van der Waals surface area (Å²) in [5.74, 6) is 1.86. The van der Waals surface area contributed by atoms with E-state index in [2.05, 4.69) is 38.3 Å². The summed E-state index contributed by atoms with van der Waals surface area (Å²) >= 11 is 4.44. The van der Waals surface area contributed by atoms with Gasteiger partial charge in [-0.3, -0.25) is 4.90 Å². The average Bonchev–Trinajstić information content (AvgIpc) is 3.07. The van der Waals surface area contributed by atoms with Crippen molar-refractivity contribution in [3.05, 3.63) is 0 Å². The van der Waals surface area contributed by atoms with E-state index in [9.17, 15) is 0 Å². The molecule has 1 unspecified atom stereocenters. The lowest BCUT2D eigenvalue weighted by Crippen LogP contribution is -2.43. The molecule has 1 rings (SSSR count). The summed E-state index contributed by atoms with van der Waals surface area (Å²) in [6.45, 7) is 9.95. The summed E-state index contributed by atoms with van der Waals surface area (Å²) in [5, 5.41) is 0. The highest BCUT2D eigenvalue weighted by atomic mass is 32.1. The molecule has 1 aliphatic carbocycles. The molecular formula is C13H27NOS. The molecule has 0 aromatic heterocycles. The van der Waals surface area contributed by atoms with Gasteiger partial charge in [0.15, 0.2) is 0 Å². The van der Waals surface area contributed by atoms with Crippen LogP contribution in [-0.4, -0.2) is 43.5 Å². The van der Waals surface area contributed by atoms with Crippen molar-refractivity contribution in [3.8, 4) is 0 Å². The van der Waals surface area contributed by atoms with Crippen LogP contribution in [0.25, 0.3) is 0 Å². The SMILES string of the molecule is COCCN(CC(C)(C)CS)C(C)C1CC1. The molecular weight excluding hydrogens is 218 g/mol. The van der Waals surface area contributed by atoms with Gasteiger partial charge in [-0.2, -0.15) is 12.6 Å². The van der Waals surface area contributed by atoms with Gasteiger partial charge < -0.3 is 4.74 Å². The maximum absolute atomic E-state index is 5.21. The van der Waals surface area contributed by atoms with Crippen molar-refractivity contribution in [2.75, 3.05) is 32.6 Å². The second-order valence-corrected chi connectivity index (χ2v) is 6.18. The zero-order chi connectivity index (χ0) is 12.2. The van der Waals surface area contributed by atoms with Crippen molar-refractivity contribution in [1.29, 1.82) is 0 Å². The Kier molecular flexibility index (Phi) is 5.62. The number of methoxy groups -OCH3 is 1. The molecule has 0 spiro atoms. The van der Waals surface area contributed by atoms with E-state index in [-0.39, 0.29) is 0 Å². The maximum atomic E-state index is 5.21. The highest BCUT2D eigenvalue weighted by molar-refractivity contribution is 7.80. The van der Waals surface area contributed by atoms with Gasteiger partial charge in [0.05, 0.1) is 6.61 Å². The van der Waals surface area contributed by atoms with Crippen molar-refractivity contribution < 1.29 is 4.74 Å². The maximum Gasteiger partial charge on any atom is 0.0589 e. The van der Waals surface area contributed by atoms with Crippen LogP contribution in [0, 0.1) is 11.3 Å². The summed E-state index contributed by atoms with van der Waals surface area (Å²) in [7, 11) is 1.78. The van der Waals surface area contributed by atoms with Crippen LogP contribution >= 0.6 is 12.6 Å². The number of hydrogen-bond acceptors (Lipinski definition) is 3. The number of hydrogen-bond donors (Lipinski definition) is 1. The van der Waals surface area contributed by atoms with E-state index >= 15 is 0 Å². The molecule has 0 saturated heterocycles. The lowest BCUT2D eigenvalue weighted by atomic mass is 9.94. The Labute approximate surface area is 106 Å². The fourth-order valence-electron chi connectivity index (χ4n) is 2.11. The lowest BCUT2D eigenvalue weighted by molar-refractivity contribution is 0.0899. The fraction of sp³-hybridized carbons (Fsp3) is 1.00. The molecule has 0 amide bonds. The first-order chi connectivity index (χ1) is 7.50. The van der Waals surface area contributed by atoms with Gasteiger partial charge in [0.25, 0.3) is 0 Å². The molecule has 0 aromatic rings. The second-order valence-electron chi connectivity index (χ2n) is 5.86. The highest BCUT2D eigenvalue weighted by Crippen LogP contribution is 2.36.